The molecular weight excluding hydrogens is 188 g/mol. The SMILES string of the molecule is O=Cc1cccnc1N1CC2CCC2C1. The second-order valence-electron chi connectivity index (χ2n) is 4.54. The van der Waals surface area contributed by atoms with Crippen LogP contribution in [-0.4, -0.2) is 24.4 Å². The van der Waals surface area contributed by atoms with Gasteiger partial charge in [0, 0.05) is 19.3 Å². The van der Waals surface area contributed by atoms with Crippen LogP contribution < -0.4 is 4.90 Å². The average Bonchev–Trinajstić information content (AvgIpc) is 2.55. The van der Waals surface area contributed by atoms with Crippen molar-refractivity contribution in [3.05, 3.63) is 23.9 Å². The minimum absolute atomic E-state index is 0.721. The molecule has 2 heterocycles. The van der Waals surface area contributed by atoms with Crippen LogP contribution in [0.25, 0.3) is 0 Å². The number of hydrogen-bond acceptors (Lipinski definition) is 3. The number of fused-ring (bicyclic) bond motifs is 1. The molecule has 3 heteroatoms. The number of hydrogen-bond donors (Lipinski definition) is 0. The van der Waals surface area contributed by atoms with Crippen molar-refractivity contribution in [1.82, 2.24) is 4.98 Å². The first-order valence-electron chi connectivity index (χ1n) is 5.53. The van der Waals surface area contributed by atoms with Crippen molar-refractivity contribution in [2.75, 3.05) is 18.0 Å². The number of nitrogens with zero attached hydrogens (tertiary/aromatic N) is 2. The summed E-state index contributed by atoms with van der Waals surface area (Å²) in [5.41, 5.74) is 0.721. The molecule has 2 unspecified atom stereocenters. The standard InChI is InChI=1S/C12H14N2O/c15-8-11-2-1-5-13-12(11)14-6-9-3-4-10(9)7-14/h1-2,5,8-10H,3-4,6-7H2. The number of pyridine rings is 1. The molecule has 2 atom stereocenters. The Morgan fingerprint density at radius 3 is 2.67 bits per heavy atom. The molecule has 1 aliphatic carbocycles. The van der Waals surface area contributed by atoms with E-state index in [0.717, 1.165) is 42.6 Å². The van der Waals surface area contributed by atoms with E-state index in [0.29, 0.717) is 0 Å². The molecule has 15 heavy (non-hydrogen) atoms. The monoisotopic (exact) mass is 202 g/mol. The second kappa shape index (κ2) is 3.33. The van der Waals surface area contributed by atoms with Gasteiger partial charge in [0.1, 0.15) is 5.82 Å². The van der Waals surface area contributed by atoms with Gasteiger partial charge in [0.2, 0.25) is 0 Å². The largest absolute Gasteiger partial charge is 0.355 e. The lowest BCUT2D eigenvalue weighted by Crippen LogP contribution is -2.22. The van der Waals surface area contributed by atoms with Gasteiger partial charge in [-0.3, -0.25) is 4.79 Å². The Morgan fingerprint density at radius 1 is 1.33 bits per heavy atom. The number of carbonyl (C=O) groups excluding carboxylic acids is 1. The summed E-state index contributed by atoms with van der Waals surface area (Å²) >= 11 is 0. The first-order valence-corrected chi connectivity index (χ1v) is 5.53. The molecule has 1 aliphatic heterocycles. The summed E-state index contributed by atoms with van der Waals surface area (Å²) in [4.78, 5) is 17.5. The second-order valence-corrected chi connectivity index (χ2v) is 4.54. The molecule has 0 spiro atoms. The quantitative estimate of drug-likeness (QED) is 0.685. The van der Waals surface area contributed by atoms with Gasteiger partial charge in [0.25, 0.3) is 0 Å². The molecule has 0 amide bonds. The highest BCUT2D eigenvalue weighted by molar-refractivity contribution is 5.82. The molecule has 3 nitrogen and oxygen atoms in total. The summed E-state index contributed by atoms with van der Waals surface area (Å²) in [5, 5.41) is 0. The molecular formula is C12H14N2O. The lowest BCUT2D eigenvalue weighted by Gasteiger charge is -2.27. The number of aromatic nitrogens is 1. The zero-order valence-corrected chi connectivity index (χ0v) is 8.60. The van der Waals surface area contributed by atoms with Crippen molar-refractivity contribution in [3.8, 4) is 0 Å². The van der Waals surface area contributed by atoms with Crippen LogP contribution >= 0.6 is 0 Å². The fourth-order valence-electron chi connectivity index (χ4n) is 2.70. The average molecular weight is 202 g/mol. The molecule has 2 fully saturated rings. The lowest BCUT2D eigenvalue weighted by atomic mass is 9.77. The van der Waals surface area contributed by atoms with Gasteiger partial charge in [0.05, 0.1) is 5.56 Å². The van der Waals surface area contributed by atoms with Crippen molar-refractivity contribution < 1.29 is 4.79 Å². The molecule has 1 aromatic heterocycles. The molecule has 0 bridgehead atoms. The van der Waals surface area contributed by atoms with Crippen molar-refractivity contribution in [1.29, 1.82) is 0 Å². The maximum atomic E-state index is 10.9. The highest BCUT2D eigenvalue weighted by Gasteiger charge is 2.39. The van der Waals surface area contributed by atoms with Crippen molar-refractivity contribution in [2.45, 2.75) is 12.8 Å². The topological polar surface area (TPSA) is 33.2 Å². The molecule has 1 aromatic rings. The first-order chi connectivity index (χ1) is 7.38. The van der Waals surface area contributed by atoms with E-state index in [9.17, 15) is 4.79 Å². The van der Waals surface area contributed by atoms with Gasteiger partial charge in [-0.1, -0.05) is 0 Å². The van der Waals surface area contributed by atoms with Crippen LogP contribution in [0, 0.1) is 11.8 Å². The summed E-state index contributed by atoms with van der Waals surface area (Å²) in [6, 6.07) is 3.66. The third-order valence-electron chi connectivity index (χ3n) is 3.73. The molecule has 1 saturated carbocycles. The fourth-order valence-corrected chi connectivity index (χ4v) is 2.70. The predicted molar refractivity (Wildman–Crippen MR) is 58.1 cm³/mol. The third-order valence-corrected chi connectivity index (χ3v) is 3.73. The predicted octanol–water partition coefficient (Wildman–Crippen LogP) is 1.74. The Kier molecular flexibility index (Phi) is 1.97. The van der Waals surface area contributed by atoms with Gasteiger partial charge in [-0.15, -0.1) is 0 Å². The van der Waals surface area contributed by atoms with E-state index < -0.39 is 0 Å². The van der Waals surface area contributed by atoms with E-state index in [-0.39, 0.29) is 0 Å². The minimum atomic E-state index is 0.721. The summed E-state index contributed by atoms with van der Waals surface area (Å²) in [5.74, 6) is 2.58. The molecule has 0 radical (unpaired) electrons. The lowest BCUT2D eigenvalue weighted by molar-refractivity contribution is 0.112. The van der Waals surface area contributed by atoms with Crippen LogP contribution in [0.2, 0.25) is 0 Å². The first kappa shape index (κ1) is 8.89. The third kappa shape index (κ3) is 1.34. The fraction of sp³-hybridized carbons (Fsp3) is 0.500. The highest BCUT2D eigenvalue weighted by Crippen LogP contribution is 2.41. The molecule has 1 saturated heterocycles. The summed E-state index contributed by atoms with van der Waals surface area (Å²) < 4.78 is 0. The Morgan fingerprint density at radius 2 is 2.07 bits per heavy atom. The zero-order chi connectivity index (χ0) is 10.3. The van der Waals surface area contributed by atoms with Gasteiger partial charge >= 0.3 is 0 Å². The minimum Gasteiger partial charge on any atom is -0.355 e. The van der Waals surface area contributed by atoms with Gasteiger partial charge in [0.15, 0.2) is 6.29 Å². The Balaban J connectivity index is 1.89. The smallest absolute Gasteiger partial charge is 0.153 e. The number of rotatable bonds is 2. The van der Waals surface area contributed by atoms with E-state index in [1.807, 2.05) is 12.1 Å². The maximum absolute atomic E-state index is 10.9. The summed E-state index contributed by atoms with van der Waals surface area (Å²) in [7, 11) is 0. The molecule has 0 N–H and O–H groups in total. The van der Waals surface area contributed by atoms with E-state index in [4.69, 9.17) is 0 Å². The van der Waals surface area contributed by atoms with Crippen LogP contribution in [0.4, 0.5) is 5.82 Å². The number of anilines is 1. The highest BCUT2D eigenvalue weighted by atomic mass is 16.1. The van der Waals surface area contributed by atoms with E-state index in [2.05, 4.69) is 9.88 Å². The zero-order valence-electron chi connectivity index (χ0n) is 8.60. The van der Waals surface area contributed by atoms with Crippen LogP contribution in [0.5, 0.6) is 0 Å². The molecule has 3 rings (SSSR count). The van der Waals surface area contributed by atoms with Crippen LogP contribution in [0.15, 0.2) is 18.3 Å². The Hall–Kier alpha value is -1.38. The number of carbonyl (C=O) groups is 1. The van der Waals surface area contributed by atoms with Crippen LogP contribution in [-0.2, 0) is 0 Å². The normalized spacial score (nSPS) is 28.4. The van der Waals surface area contributed by atoms with Gasteiger partial charge in [-0.05, 0) is 36.8 Å². The van der Waals surface area contributed by atoms with E-state index in [1.165, 1.54) is 12.8 Å². The Labute approximate surface area is 89.1 Å². The summed E-state index contributed by atoms with van der Waals surface area (Å²) in [6.45, 7) is 2.17. The number of aldehydes is 1. The molecule has 0 aromatic carbocycles. The van der Waals surface area contributed by atoms with Crippen molar-refractivity contribution in [2.24, 2.45) is 11.8 Å². The van der Waals surface area contributed by atoms with Crippen molar-refractivity contribution >= 4 is 12.1 Å². The van der Waals surface area contributed by atoms with Crippen LogP contribution in [0.1, 0.15) is 23.2 Å². The summed E-state index contributed by atoms with van der Waals surface area (Å²) in [6.07, 6.45) is 5.37. The molecule has 78 valence electrons. The maximum Gasteiger partial charge on any atom is 0.153 e. The van der Waals surface area contributed by atoms with Crippen LogP contribution in [0.3, 0.4) is 0 Å². The Bertz CT molecular complexity index is 379. The van der Waals surface area contributed by atoms with Gasteiger partial charge in [-0.25, -0.2) is 4.98 Å². The van der Waals surface area contributed by atoms with E-state index in [1.54, 1.807) is 6.20 Å². The van der Waals surface area contributed by atoms with Gasteiger partial charge in [-0.2, -0.15) is 0 Å². The van der Waals surface area contributed by atoms with Crippen molar-refractivity contribution in [3.63, 3.8) is 0 Å². The van der Waals surface area contributed by atoms with Gasteiger partial charge < -0.3 is 4.90 Å². The molecule has 2 aliphatic rings. The van der Waals surface area contributed by atoms with E-state index >= 15 is 0 Å².